The summed E-state index contributed by atoms with van der Waals surface area (Å²) in [6.45, 7) is 13.5. The van der Waals surface area contributed by atoms with E-state index in [-0.39, 0.29) is 11.4 Å². The third kappa shape index (κ3) is 5.21. The molecule has 0 N–H and O–H groups in total. The Balaban J connectivity index is 1.34. The molecule has 0 amide bonds. The molecule has 1 saturated heterocycles. The Morgan fingerprint density at radius 2 is 1.62 bits per heavy atom. The average Bonchev–Trinajstić information content (AvgIpc) is 3.20. The molecule has 1 aliphatic heterocycles. The first-order valence-corrected chi connectivity index (χ1v) is 11.7. The van der Waals surface area contributed by atoms with E-state index in [0.29, 0.717) is 0 Å². The number of hydrogen-bond donors (Lipinski definition) is 0. The van der Waals surface area contributed by atoms with Gasteiger partial charge < -0.3 is 4.90 Å². The van der Waals surface area contributed by atoms with Gasteiger partial charge in [0, 0.05) is 26.2 Å². The lowest BCUT2D eigenvalue weighted by Gasteiger charge is -2.36. The number of para-hydroxylation sites is 1. The largest absolute Gasteiger partial charge is 0.367 e. The normalized spacial score (nSPS) is 15.3. The van der Waals surface area contributed by atoms with Crippen LogP contribution in [0.1, 0.15) is 38.4 Å². The van der Waals surface area contributed by atoms with Gasteiger partial charge in [0.2, 0.25) is 0 Å². The molecule has 0 spiro atoms. The molecule has 0 bridgehead atoms. The number of piperazine rings is 1. The molecule has 0 unspecified atom stereocenters. The lowest BCUT2D eigenvalue weighted by Crippen LogP contribution is -2.47. The van der Waals surface area contributed by atoms with Gasteiger partial charge in [-0.25, -0.2) is 4.39 Å². The Bertz CT molecular complexity index is 1020. The molecule has 1 fully saturated rings. The summed E-state index contributed by atoms with van der Waals surface area (Å²) in [5.74, 6) is -0.125. The van der Waals surface area contributed by atoms with E-state index >= 15 is 0 Å². The van der Waals surface area contributed by atoms with Gasteiger partial charge in [-0.1, -0.05) is 42.0 Å². The smallest absolute Gasteiger partial charge is 0.146 e. The molecule has 4 rings (SSSR count). The highest BCUT2D eigenvalue weighted by Gasteiger charge is 2.22. The van der Waals surface area contributed by atoms with Crippen LogP contribution < -0.4 is 4.90 Å². The van der Waals surface area contributed by atoms with Crippen molar-refractivity contribution in [1.29, 1.82) is 0 Å². The summed E-state index contributed by atoms with van der Waals surface area (Å²) in [5, 5.41) is 4.97. The fourth-order valence-electron chi connectivity index (χ4n) is 4.40. The molecule has 32 heavy (non-hydrogen) atoms. The number of aromatic nitrogens is 2. The Morgan fingerprint density at radius 1 is 0.938 bits per heavy atom. The van der Waals surface area contributed by atoms with Gasteiger partial charge in [0.15, 0.2) is 0 Å². The fraction of sp³-hybridized carbons (Fsp3) is 0.444. The first kappa shape index (κ1) is 22.5. The zero-order valence-electron chi connectivity index (χ0n) is 19.8. The van der Waals surface area contributed by atoms with Gasteiger partial charge in [0.1, 0.15) is 5.82 Å². The predicted octanol–water partition coefficient (Wildman–Crippen LogP) is 5.51. The maximum Gasteiger partial charge on any atom is 0.146 e. The molecule has 0 saturated carbocycles. The molecule has 3 aromatic rings. The van der Waals surface area contributed by atoms with Crippen LogP contribution in [0.4, 0.5) is 10.1 Å². The van der Waals surface area contributed by atoms with Gasteiger partial charge in [-0.15, -0.1) is 0 Å². The van der Waals surface area contributed by atoms with Gasteiger partial charge in [-0.3, -0.25) is 9.58 Å². The number of rotatable bonds is 6. The Kier molecular flexibility index (Phi) is 6.66. The molecule has 1 aromatic heterocycles. The summed E-state index contributed by atoms with van der Waals surface area (Å²) in [5.41, 5.74) is 5.48. The highest BCUT2D eigenvalue weighted by Crippen LogP contribution is 2.27. The second kappa shape index (κ2) is 9.45. The van der Waals surface area contributed by atoms with Crippen molar-refractivity contribution in [2.45, 2.75) is 46.1 Å². The molecule has 170 valence electrons. The molecular weight excluding hydrogens is 399 g/mol. The van der Waals surface area contributed by atoms with Gasteiger partial charge in [0.05, 0.1) is 22.6 Å². The zero-order chi connectivity index (χ0) is 22.7. The number of hydrogen-bond acceptors (Lipinski definition) is 3. The lowest BCUT2D eigenvalue weighted by atomic mass is 10.1. The van der Waals surface area contributed by atoms with Crippen molar-refractivity contribution in [2.24, 2.45) is 0 Å². The summed E-state index contributed by atoms with van der Waals surface area (Å²) in [4.78, 5) is 4.64. The second-order valence-electron chi connectivity index (χ2n) is 9.85. The van der Waals surface area contributed by atoms with Crippen molar-refractivity contribution in [3.63, 3.8) is 0 Å². The van der Waals surface area contributed by atoms with E-state index < -0.39 is 0 Å². The quantitative estimate of drug-likeness (QED) is 0.511. The van der Waals surface area contributed by atoms with Crippen molar-refractivity contribution in [1.82, 2.24) is 14.7 Å². The number of nitrogens with zero attached hydrogens (tertiary/aromatic N) is 4. The predicted molar refractivity (Wildman–Crippen MR) is 131 cm³/mol. The highest BCUT2D eigenvalue weighted by atomic mass is 19.1. The van der Waals surface area contributed by atoms with Gasteiger partial charge in [0.25, 0.3) is 0 Å². The average molecular weight is 435 g/mol. The van der Waals surface area contributed by atoms with Crippen LogP contribution in [-0.4, -0.2) is 47.4 Å². The Morgan fingerprint density at radius 3 is 2.28 bits per heavy atom. The molecule has 0 atom stereocenters. The van der Waals surface area contributed by atoms with E-state index in [4.69, 9.17) is 5.10 Å². The second-order valence-corrected chi connectivity index (χ2v) is 9.85. The van der Waals surface area contributed by atoms with E-state index in [1.54, 1.807) is 12.1 Å². The molecule has 5 heteroatoms. The summed E-state index contributed by atoms with van der Waals surface area (Å²) >= 11 is 0. The molecule has 0 radical (unpaired) electrons. The summed E-state index contributed by atoms with van der Waals surface area (Å²) < 4.78 is 16.2. The van der Waals surface area contributed by atoms with Crippen molar-refractivity contribution < 1.29 is 4.39 Å². The minimum Gasteiger partial charge on any atom is -0.367 e. The van der Waals surface area contributed by atoms with Crippen LogP contribution in [0.2, 0.25) is 0 Å². The maximum atomic E-state index is 14.1. The third-order valence-corrected chi connectivity index (χ3v) is 6.22. The fourth-order valence-corrected chi connectivity index (χ4v) is 4.40. The van der Waals surface area contributed by atoms with E-state index in [9.17, 15) is 4.39 Å². The number of benzene rings is 2. The van der Waals surface area contributed by atoms with E-state index in [1.807, 2.05) is 12.1 Å². The molecule has 2 heterocycles. The van der Waals surface area contributed by atoms with E-state index in [2.05, 4.69) is 72.5 Å². The van der Waals surface area contributed by atoms with Gasteiger partial charge >= 0.3 is 0 Å². The first-order valence-electron chi connectivity index (χ1n) is 11.7. The van der Waals surface area contributed by atoms with Gasteiger partial charge in [-0.05, 0) is 70.8 Å². The number of halogens is 1. The maximum absolute atomic E-state index is 14.1. The first-order chi connectivity index (χ1) is 15.3. The molecular formula is C27H35FN4. The van der Waals surface area contributed by atoms with Crippen LogP contribution in [0, 0.1) is 12.7 Å². The van der Waals surface area contributed by atoms with Crippen LogP contribution in [0.3, 0.4) is 0 Å². The third-order valence-electron chi connectivity index (χ3n) is 6.22. The SMILES string of the molecule is Cc1ccc(-c2cc(CCCN3CCN(c4ccccc4F)CC3)nn2C(C)(C)C)cc1. The van der Waals surface area contributed by atoms with Crippen molar-refractivity contribution >= 4 is 5.69 Å². The number of aryl methyl sites for hydroxylation is 2. The molecule has 4 nitrogen and oxygen atoms in total. The van der Waals surface area contributed by atoms with Gasteiger partial charge in [-0.2, -0.15) is 5.10 Å². The van der Waals surface area contributed by atoms with Crippen molar-refractivity contribution in [3.05, 3.63) is 71.7 Å². The molecule has 1 aliphatic rings. The van der Waals surface area contributed by atoms with Crippen LogP contribution >= 0.6 is 0 Å². The van der Waals surface area contributed by atoms with Crippen LogP contribution in [0.5, 0.6) is 0 Å². The minimum atomic E-state index is -0.125. The zero-order valence-corrected chi connectivity index (χ0v) is 19.8. The Labute approximate surface area is 191 Å². The van der Waals surface area contributed by atoms with E-state index in [0.717, 1.165) is 56.9 Å². The van der Waals surface area contributed by atoms with Crippen molar-refractivity contribution in [3.8, 4) is 11.3 Å². The minimum absolute atomic E-state index is 0.0679. The molecule has 0 aliphatic carbocycles. The highest BCUT2D eigenvalue weighted by molar-refractivity contribution is 5.61. The van der Waals surface area contributed by atoms with Crippen molar-refractivity contribution in [2.75, 3.05) is 37.6 Å². The lowest BCUT2D eigenvalue weighted by molar-refractivity contribution is 0.254. The summed E-state index contributed by atoms with van der Waals surface area (Å²) in [6.07, 6.45) is 2.05. The van der Waals surface area contributed by atoms with Crippen LogP contribution in [-0.2, 0) is 12.0 Å². The van der Waals surface area contributed by atoms with Crippen LogP contribution in [0.15, 0.2) is 54.6 Å². The monoisotopic (exact) mass is 434 g/mol. The Hall–Kier alpha value is -2.66. The number of anilines is 1. The topological polar surface area (TPSA) is 24.3 Å². The van der Waals surface area contributed by atoms with E-state index in [1.165, 1.54) is 16.8 Å². The standard InChI is InChI=1S/C27H35FN4/c1-21-11-13-22(14-12-21)26-20-23(29-32(26)27(2,3)4)8-7-15-30-16-18-31(19-17-30)25-10-6-5-9-24(25)28/h5-6,9-14,20H,7-8,15-19H2,1-4H3. The summed E-state index contributed by atoms with van der Waals surface area (Å²) in [6, 6.07) is 18.0. The summed E-state index contributed by atoms with van der Waals surface area (Å²) in [7, 11) is 0. The van der Waals surface area contributed by atoms with Crippen LogP contribution in [0.25, 0.3) is 11.3 Å². The molecule has 2 aromatic carbocycles.